The summed E-state index contributed by atoms with van der Waals surface area (Å²) >= 11 is 6.43. The van der Waals surface area contributed by atoms with Crippen LogP contribution < -0.4 is 10.2 Å². The maximum Gasteiger partial charge on any atom is 0.234 e. The summed E-state index contributed by atoms with van der Waals surface area (Å²) in [6.07, 6.45) is 4.73. The number of anilines is 1. The van der Waals surface area contributed by atoms with Gasteiger partial charge in [-0.3, -0.25) is 9.69 Å². The zero-order valence-corrected chi connectivity index (χ0v) is 13.9. The van der Waals surface area contributed by atoms with E-state index >= 15 is 0 Å². The Bertz CT molecular complexity index is 539. The highest BCUT2D eigenvalue weighted by molar-refractivity contribution is 6.31. The van der Waals surface area contributed by atoms with E-state index in [1.54, 1.807) is 0 Å². The topological polar surface area (TPSA) is 35.6 Å². The van der Waals surface area contributed by atoms with Crippen molar-refractivity contribution in [2.24, 2.45) is 0 Å². The Hall–Kier alpha value is -1.26. The minimum absolute atomic E-state index is 0.111. The Balaban J connectivity index is 1.66. The molecule has 1 saturated carbocycles. The number of carbonyl (C=O) groups excluding carboxylic acids is 1. The Kier molecular flexibility index (Phi) is 4.89. The van der Waals surface area contributed by atoms with E-state index in [4.69, 9.17) is 11.6 Å². The first-order chi connectivity index (χ1) is 10.6. The van der Waals surface area contributed by atoms with Crippen LogP contribution in [0.3, 0.4) is 0 Å². The highest BCUT2D eigenvalue weighted by Crippen LogP contribution is 2.30. The van der Waals surface area contributed by atoms with Gasteiger partial charge in [-0.05, 0) is 44.9 Å². The van der Waals surface area contributed by atoms with E-state index in [2.05, 4.69) is 16.3 Å². The molecule has 2 aliphatic rings. The summed E-state index contributed by atoms with van der Waals surface area (Å²) in [5.74, 6) is 0.111. The molecule has 0 bridgehead atoms. The van der Waals surface area contributed by atoms with Crippen LogP contribution in [-0.2, 0) is 11.3 Å². The SMILES string of the molecule is CN(CC(=O)NC1CC1)Cc1c(Cl)cccc1N1CCCC1. The lowest BCUT2D eigenvalue weighted by atomic mass is 10.1. The standard InChI is InChI=1S/C17H24ClN3O/c1-20(12-17(22)19-13-7-8-13)11-14-15(18)5-4-6-16(14)21-9-2-3-10-21/h4-6,13H,2-3,7-12H2,1H3,(H,19,22). The van der Waals surface area contributed by atoms with Crippen molar-refractivity contribution < 1.29 is 4.79 Å². The van der Waals surface area contributed by atoms with Crippen LogP contribution in [0, 0.1) is 0 Å². The molecule has 120 valence electrons. The molecule has 2 fully saturated rings. The third-order valence-corrected chi connectivity index (χ3v) is 4.68. The normalized spacial score (nSPS) is 18.0. The quantitative estimate of drug-likeness (QED) is 0.875. The maximum absolute atomic E-state index is 11.9. The molecular weight excluding hydrogens is 298 g/mol. The number of benzene rings is 1. The van der Waals surface area contributed by atoms with Gasteiger partial charge in [0, 0.05) is 41.9 Å². The highest BCUT2D eigenvalue weighted by Gasteiger charge is 2.24. The van der Waals surface area contributed by atoms with Gasteiger partial charge >= 0.3 is 0 Å². The van der Waals surface area contributed by atoms with Gasteiger partial charge in [0.1, 0.15) is 0 Å². The lowest BCUT2D eigenvalue weighted by Gasteiger charge is -2.25. The predicted molar refractivity (Wildman–Crippen MR) is 90.4 cm³/mol. The fourth-order valence-corrected chi connectivity index (χ4v) is 3.26. The van der Waals surface area contributed by atoms with Crippen LogP contribution in [0.1, 0.15) is 31.2 Å². The second-order valence-corrected chi connectivity index (χ2v) is 6.85. The summed E-state index contributed by atoms with van der Waals surface area (Å²) in [7, 11) is 1.98. The molecule has 1 amide bonds. The van der Waals surface area contributed by atoms with Crippen LogP contribution in [0.5, 0.6) is 0 Å². The summed E-state index contributed by atoms with van der Waals surface area (Å²) < 4.78 is 0. The molecule has 0 atom stereocenters. The Morgan fingerprint density at radius 3 is 2.77 bits per heavy atom. The smallest absolute Gasteiger partial charge is 0.234 e. The Morgan fingerprint density at radius 1 is 1.36 bits per heavy atom. The summed E-state index contributed by atoms with van der Waals surface area (Å²) in [6.45, 7) is 3.31. The zero-order valence-electron chi connectivity index (χ0n) is 13.1. The van der Waals surface area contributed by atoms with Gasteiger partial charge in [0.2, 0.25) is 5.91 Å². The molecule has 1 saturated heterocycles. The molecule has 1 aliphatic heterocycles. The van der Waals surface area contributed by atoms with Crippen LogP contribution in [0.2, 0.25) is 5.02 Å². The fraction of sp³-hybridized carbons (Fsp3) is 0.588. The average molecular weight is 322 g/mol. The van der Waals surface area contributed by atoms with Crippen LogP contribution in [0.15, 0.2) is 18.2 Å². The molecule has 0 radical (unpaired) electrons. The fourth-order valence-electron chi connectivity index (χ4n) is 3.03. The van der Waals surface area contributed by atoms with Crippen LogP contribution in [0.4, 0.5) is 5.69 Å². The monoisotopic (exact) mass is 321 g/mol. The van der Waals surface area contributed by atoms with E-state index < -0.39 is 0 Å². The van der Waals surface area contributed by atoms with E-state index in [0.717, 1.165) is 36.5 Å². The summed E-state index contributed by atoms with van der Waals surface area (Å²) in [6, 6.07) is 6.51. The molecule has 1 aromatic carbocycles. The van der Waals surface area contributed by atoms with Crippen molar-refractivity contribution in [3.63, 3.8) is 0 Å². The van der Waals surface area contributed by atoms with Gasteiger partial charge in [0.25, 0.3) is 0 Å². The van der Waals surface area contributed by atoms with Crippen LogP contribution >= 0.6 is 11.6 Å². The molecule has 0 aromatic heterocycles. The van der Waals surface area contributed by atoms with Crippen molar-refractivity contribution in [1.82, 2.24) is 10.2 Å². The van der Waals surface area contributed by atoms with Gasteiger partial charge in [-0.15, -0.1) is 0 Å². The molecule has 0 spiro atoms. The minimum atomic E-state index is 0.111. The minimum Gasteiger partial charge on any atom is -0.371 e. The van der Waals surface area contributed by atoms with Gasteiger partial charge in [-0.1, -0.05) is 17.7 Å². The molecular formula is C17H24ClN3O. The van der Waals surface area contributed by atoms with Crippen molar-refractivity contribution in [1.29, 1.82) is 0 Å². The molecule has 1 aromatic rings. The molecule has 3 rings (SSSR count). The number of carbonyl (C=O) groups is 1. The van der Waals surface area contributed by atoms with Crippen molar-refractivity contribution in [2.75, 3.05) is 31.6 Å². The molecule has 1 aliphatic carbocycles. The van der Waals surface area contributed by atoms with Gasteiger partial charge in [0.05, 0.1) is 6.54 Å². The predicted octanol–water partition coefficient (Wildman–Crippen LogP) is 2.65. The summed E-state index contributed by atoms with van der Waals surface area (Å²) in [5.41, 5.74) is 2.35. The van der Waals surface area contributed by atoms with Gasteiger partial charge in [-0.25, -0.2) is 0 Å². The largest absolute Gasteiger partial charge is 0.371 e. The number of nitrogens with zero attached hydrogens (tertiary/aromatic N) is 2. The second-order valence-electron chi connectivity index (χ2n) is 6.45. The third kappa shape index (κ3) is 3.93. The second kappa shape index (κ2) is 6.88. The van der Waals surface area contributed by atoms with E-state index in [9.17, 15) is 4.79 Å². The lowest BCUT2D eigenvalue weighted by molar-refractivity contribution is -0.122. The van der Waals surface area contributed by atoms with E-state index in [1.807, 2.05) is 24.1 Å². The highest BCUT2D eigenvalue weighted by atomic mass is 35.5. The number of hydrogen-bond acceptors (Lipinski definition) is 3. The van der Waals surface area contributed by atoms with Gasteiger partial charge in [-0.2, -0.15) is 0 Å². The van der Waals surface area contributed by atoms with Gasteiger partial charge < -0.3 is 10.2 Å². The molecule has 5 heteroatoms. The number of hydrogen-bond donors (Lipinski definition) is 1. The van der Waals surface area contributed by atoms with Crippen molar-refractivity contribution in [2.45, 2.75) is 38.3 Å². The molecule has 0 unspecified atom stereocenters. The third-order valence-electron chi connectivity index (χ3n) is 4.32. The molecule has 22 heavy (non-hydrogen) atoms. The van der Waals surface area contributed by atoms with Crippen LogP contribution in [0.25, 0.3) is 0 Å². The number of halogens is 1. The number of amides is 1. The van der Waals surface area contributed by atoms with Crippen molar-refractivity contribution in [3.05, 3.63) is 28.8 Å². The van der Waals surface area contributed by atoms with E-state index in [0.29, 0.717) is 19.1 Å². The van der Waals surface area contributed by atoms with E-state index in [-0.39, 0.29) is 5.91 Å². The Labute approximate surface area is 137 Å². The summed E-state index contributed by atoms with van der Waals surface area (Å²) in [5, 5.41) is 3.82. The zero-order chi connectivity index (χ0) is 15.5. The number of rotatable bonds is 6. The van der Waals surface area contributed by atoms with Crippen LogP contribution in [-0.4, -0.2) is 43.5 Å². The van der Waals surface area contributed by atoms with Gasteiger partial charge in [0.15, 0.2) is 0 Å². The number of nitrogens with one attached hydrogen (secondary N) is 1. The first-order valence-corrected chi connectivity index (χ1v) is 8.51. The number of likely N-dealkylation sites (N-methyl/N-ethyl adjacent to an activating group) is 1. The molecule has 4 nitrogen and oxygen atoms in total. The summed E-state index contributed by atoms with van der Waals surface area (Å²) in [4.78, 5) is 16.4. The molecule has 1 heterocycles. The molecule has 1 N–H and O–H groups in total. The van der Waals surface area contributed by atoms with E-state index in [1.165, 1.54) is 18.5 Å². The maximum atomic E-state index is 11.9. The average Bonchev–Trinajstić information content (AvgIpc) is 3.11. The Morgan fingerprint density at radius 2 is 2.09 bits per heavy atom. The first-order valence-electron chi connectivity index (χ1n) is 8.14. The van der Waals surface area contributed by atoms with Crippen molar-refractivity contribution >= 4 is 23.2 Å². The lowest BCUT2D eigenvalue weighted by Crippen LogP contribution is -2.36. The first kappa shape index (κ1) is 15.6. The van der Waals surface area contributed by atoms with Crippen molar-refractivity contribution in [3.8, 4) is 0 Å².